The van der Waals surface area contributed by atoms with Crippen LogP contribution < -0.4 is 21.3 Å². The summed E-state index contributed by atoms with van der Waals surface area (Å²) < 4.78 is 0. The van der Waals surface area contributed by atoms with Crippen molar-refractivity contribution in [2.75, 3.05) is 23.3 Å². The Kier molecular flexibility index (Phi) is 5.37. The maximum Gasteiger partial charge on any atom is 0.319 e. The third-order valence-electron chi connectivity index (χ3n) is 4.62. The van der Waals surface area contributed by atoms with Gasteiger partial charge in [0.05, 0.1) is 11.7 Å². The first-order chi connectivity index (χ1) is 12.4. The van der Waals surface area contributed by atoms with E-state index >= 15 is 0 Å². The Morgan fingerprint density at radius 2 is 1.88 bits per heavy atom. The predicted octanol–water partition coefficient (Wildman–Crippen LogP) is 2.25. The fourth-order valence-corrected chi connectivity index (χ4v) is 3.02. The third kappa shape index (κ3) is 4.29. The van der Waals surface area contributed by atoms with Crippen LogP contribution in [0.4, 0.5) is 16.3 Å². The Labute approximate surface area is 154 Å². The molecule has 7 nitrogen and oxygen atoms in total. The van der Waals surface area contributed by atoms with Gasteiger partial charge in [-0.15, -0.1) is 5.10 Å². The highest BCUT2D eigenvalue weighted by Gasteiger charge is 2.32. The summed E-state index contributed by atoms with van der Waals surface area (Å²) in [7, 11) is 0. The number of nitrogens with two attached hydrogens (primary N) is 1. The molecule has 0 aliphatic carbocycles. The molecule has 1 aliphatic rings. The lowest BCUT2D eigenvalue weighted by molar-refractivity contribution is 0.248. The predicted molar refractivity (Wildman–Crippen MR) is 103 cm³/mol. The topological polar surface area (TPSA) is 96.2 Å². The zero-order valence-electron chi connectivity index (χ0n) is 15.4. The Bertz CT molecular complexity index is 744. The summed E-state index contributed by atoms with van der Waals surface area (Å²) in [5.74, 6) is 1.24. The van der Waals surface area contributed by atoms with Crippen molar-refractivity contribution in [3.05, 3.63) is 47.7 Å². The number of nitrogens with one attached hydrogen (secondary N) is 2. The zero-order valence-corrected chi connectivity index (χ0v) is 15.4. The molecule has 1 saturated heterocycles. The van der Waals surface area contributed by atoms with E-state index in [0.717, 1.165) is 17.2 Å². The van der Waals surface area contributed by atoms with Crippen LogP contribution in [0, 0.1) is 6.92 Å². The monoisotopic (exact) mass is 354 g/mol. The number of aryl methyl sites for hydroxylation is 1. The molecule has 26 heavy (non-hydrogen) atoms. The Morgan fingerprint density at radius 1 is 1.15 bits per heavy atom. The van der Waals surface area contributed by atoms with E-state index in [1.165, 1.54) is 5.56 Å². The number of nitrogens with zero attached hydrogens (tertiary/aromatic N) is 3. The minimum absolute atomic E-state index is 0.145. The van der Waals surface area contributed by atoms with Gasteiger partial charge in [-0.1, -0.05) is 26.0 Å². The molecule has 2 aromatic rings. The second kappa shape index (κ2) is 7.70. The average Bonchev–Trinajstić information content (AvgIpc) is 2.96. The van der Waals surface area contributed by atoms with E-state index in [-0.39, 0.29) is 18.1 Å². The molecule has 1 fully saturated rings. The second-order valence-electron chi connectivity index (χ2n) is 7.08. The lowest BCUT2D eigenvalue weighted by atomic mass is 10.0. The highest BCUT2D eigenvalue weighted by molar-refractivity contribution is 5.89. The third-order valence-corrected chi connectivity index (χ3v) is 4.62. The molecule has 0 spiro atoms. The van der Waals surface area contributed by atoms with Crippen molar-refractivity contribution in [3.63, 3.8) is 0 Å². The Balaban J connectivity index is 1.56. The molecule has 0 saturated carbocycles. The van der Waals surface area contributed by atoms with E-state index in [0.29, 0.717) is 19.0 Å². The molecule has 2 atom stereocenters. The number of aromatic nitrogens is 2. The van der Waals surface area contributed by atoms with Gasteiger partial charge in [0.2, 0.25) is 0 Å². The molecule has 1 aromatic heterocycles. The highest BCUT2D eigenvalue weighted by atomic mass is 16.2. The summed E-state index contributed by atoms with van der Waals surface area (Å²) in [6.07, 6.45) is 0. The standard InChI is InChI=1S/C19H26N6O/c1-12(2)14-5-7-15(8-6-14)21-19(26)22-17-11-25(10-16(17)20)18-9-4-13(3)23-24-18/h4-9,12,16-17H,10-11,20H2,1-3H3,(H2,21,22,26)/t16-,17-/m1/s1. The Morgan fingerprint density at radius 3 is 2.50 bits per heavy atom. The summed E-state index contributed by atoms with van der Waals surface area (Å²) in [5.41, 5.74) is 9.07. The number of rotatable bonds is 4. The van der Waals surface area contributed by atoms with Crippen LogP contribution in [0.15, 0.2) is 36.4 Å². The molecule has 0 bridgehead atoms. The van der Waals surface area contributed by atoms with Gasteiger partial charge in [0.15, 0.2) is 5.82 Å². The van der Waals surface area contributed by atoms with Crippen molar-refractivity contribution in [2.24, 2.45) is 5.73 Å². The first-order valence-corrected chi connectivity index (χ1v) is 8.90. The van der Waals surface area contributed by atoms with Crippen LogP contribution in [0.2, 0.25) is 0 Å². The van der Waals surface area contributed by atoms with Gasteiger partial charge >= 0.3 is 6.03 Å². The van der Waals surface area contributed by atoms with Crippen LogP contribution in [0.25, 0.3) is 0 Å². The van der Waals surface area contributed by atoms with Gasteiger partial charge in [-0.2, -0.15) is 5.10 Å². The maximum absolute atomic E-state index is 12.3. The molecular weight excluding hydrogens is 328 g/mol. The van der Waals surface area contributed by atoms with Gasteiger partial charge in [0, 0.05) is 24.8 Å². The van der Waals surface area contributed by atoms with E-state index in [4.69, 9.17) is 5.73 Å². The summed E-state index contributed by atoms with van der Waals surface area (Å²) in [5, 5.41) is 14.1. The van der Waals surface area contributed by atoms with Crippen LogP contribution in [0.1, 0.15) is 31.0 Å². The SMILES string of the molecule is Cc1ccc(N2C[C@@H](N)[C@H](NC(=O)Nc3ccc(C(C)C)cc3)C2)nn1. The number of carbonyl (C=O) groups is 1. The van der Waals surface area contributed by atoms with Crippen molar-refractivity contribution < 1.29 is 4.79 Å². The van der Waals surface area contributed by atoms with E-state index in [9.17, 15) is 4.79 Å². The minimum atomic E-state index is -0.250. The summed E-state index contributed by atoms with van der Waals surface area (Å²) in [6, 6.07) is 11.2. The van der Waals surface area contributed by atoms with Gasteiger partial charge in [-0.25, -0.2) is 4.79 Å². The lowest BCUT2D eigenvalue weighted by Gasteiger charge is -2.18. The van der Waals surface area contributed by atoms with Crippen molar-refractivity contribution in [2.45, 2.75) is 38.8 Å². The molecule has 138 valence electrons. The quantitative estimate of drug-likeness (QED) is 0.782. The Hall–Kier alpha value is -2.67. The molecule has 2 heterocycles. The van der Waals surface area contributed by atoms with Crippen molar-refractivity contribution in [3.8, 4) is 0 Å². The zero-order chi connectivity index (χ0) is 18.7. The molecule has 2 amide bonds. The van der Waals surface area contributed by atoms with Crippen molar-refractivity contribution >= 4 is 17.5 Å². The van der Waals surface area contributed by atoms with E-state index in [1.54, 1.807) is 0 Å². The van der Waals surface area contributed by atoms with E-state index in [2.05, 4.69) is 34.7 Å². The summed E-state index contributed by atoms with van der Waals surface area (Å²) in [4.78, 5) is 14.3. The number of anilines is 2. The molecule has 1 aliphatic heterocycles. The number of hydrogen-bond acceptors (Lipinski definition) is 5. The molecule has 1 aromatic carbocycles. The summed E-state index contributed by atoms with van der Waals surface area (Å²) in [6.45, 7) is 7.42. The normalized spacial score (nSPS) is 19.7. The van der Waals surface area contributed by atoms with Crippen LogP contribution in [0.5, 0.6) is 0 Å². The van der Waals surface area contributed by atoms with Gasteiger partial charge in [0.25, 0.3) is 0 Å². The van der Waals surface area contributed by atoms with Crippen LogP contribution >= 0.6 is 0 Å². The van der Waals surface area contributed by atoms with Crippen LogP contribution in [-0.4, -0.2) is 41.4 Å². The van der Waals surface area contributed by atoms with Gasteiger partial charge in [-0.3, -0.25) is 0 Å². The smallest absolute Gasteiger partial charge is 0.319 e. The first kappa shape index (κ1) is 18.1. The first-order valence-electron chi connectivity index (χ1n) is 8.90. The van der Waals surface area contributed by atoms with Gasteiger partial charge < -0.3 is 21.3 Å². The number of urea groups is 1. The maximum atomic E-state index is 12.3. The lowest BCUT2D eigenvalue weighted by Crippen LogP contribution is -2.48. The molecule has 7 heteroatoms. The van der Waals surface area contributed by atoms with E-state index < -0.39 is 0 Å². The number of benzene rings is 1. The second-order valence-corrected chi connectivity index (χ2v) is 7.08. The largest absolute Gasteiger partial charge is 0.351 e. The van der Waals surface area contributed by atoms with Crippen LogP contribution in [-0.2, 0) is 0 Å². The summed E-state index contributed by atoms with van der Waals surface area (Å²) >= 11 is 0. The molecule has 3 rings (SSSR count). The minimum Gasteiger partial charge on any atom is -0.351 e. The van der Waals surface area contributed by atoms with Crippen molar-refractivity contribution in [1.82, 2.24) is 15.5 Å². The fraction of sp³-hybridized carbons (Fsp3) is 0.421. The number of amides is 2. The van der Waals surface area contributed by atoms with E-state index in [1.807, 2.05) is 48.2 Å². The van der Waals surface area contributed by atoms with Gasteiger partial charge in [-0.05, 0) is 42.7 Å². The number of hydrogen-bond donors (Lipinski definition) is 3. The van der Waals surface area contributed by atoms with Gasteiger partial charge in [0.1, 0.15) is 0 Å². The van der Waals surface area contributed by atoms with Crippen LogP contribution in [0.3, 0.4) is 0 Å². The molecule has 0 radical (unpaired) electrons. The molecular formula is C19H26N6O. The number of carbonyl (C=O) groups excluding carboxylic acids is 1. The fourth-order valence-electron chi connectivity index (χ4n) is 3.02. The average molecular weight is 354 g/mol. The van der Waals surface area contributed by atoms with Crippen molar-refractivity contribution in [1.29, 1.82) is 0 Å². The molecule has 4 N–H and O–H groups in total. The highest BCUT2D eigenvalue weighted by Crippen LogP contribution is 2.18. The molecule has 0 unspecified atom stereocenters.